The predicted molar refractivity (Wildman–Crippen MR) is 78.3 cm³/mol. The molecule has 0 aliphatic heterocycles. The highest BCUT2D eigenvalue weighted by atomic mass is 32.1. The first-order valence-corrected chi connectivity index (χ1v) is 7.45. The maximum atomic E-state index is 11.3. The van der Waals surface area contributed by atoms with Gasteiger partial charge in [0.2, 0.25) is 6.41 Å². The SMILES string of the molecule is O=CN(c1ncc(-c2ccccc2)s1)C1CCCC1. The summed E-state index contributed by atoms with van der Waals surface area (Å²) in [5, 5.41) is 0.820. The summed E-state index contributed by atoms with van der Waals surface area (Å²) in [6, 6.07) is 10.5. The Morgan fingerprint density at radius 3 is 2.63 bits per heavy atom. The van der Waals surface area contributed by atoms with Crippen molar-refractivity contribution in [3.05, 3.63) is 36.5 Å². The van der Waals surface area contributed by atoms with Crippen LogP contribution in [-0.2, 0) is 4.79 Å². The zero-order valence-corrected chi connectivity index (χ0v) is 11.5. The molecule has 0 bridgehead atoms. The molecule has 3 nitrogen and oxygen atoms in total. The van der Waals surface area contributed by atoms with Crippen molar-refractivity contribution < 1.29 is 4.79 Å². The van der Waals surface area contributed by atoms with Gasteiger partial charge >= 0.3 is 0 Å². The van der Waals surface area contributed by atoms with E-state index in [-0.39, 0.29) is 0 Å². The highest BCUT2D eigenvalue weighted by molar-refractivity contribution is 7.19. The third-order valence-corrected chi connectivity index (χ3v) is 4.66. The van der Waals surface area contributed by atoms with Gasteiger partial charge in [0.05, 0.1) is 4.88 Å². The molecule has 0 radical (unpaired) electrons. The Hall–Kier alpha value is -1.68. The molecule has 19 heavy (non-hydrogen) atoms. The maximum Gasteiger partial charge on any atom is 0.216 e. The maximum absolute atomic E-state index is 11.3. The quantitative estimate of drug-likeness (QED) is 0.795. The first-order valence-electron chi connectivity index (χ1n) is 6.63. The molecule has 0 saturated heterocycles. The zero-order chi connectivity index (χ0) is 13.1. The summed E-state index contributed by atoms with van der Waals surface area (Å²) in [5.41, 5.74) is 1.16. The number of carbonyl (C=O) groups is 1. The Kier molecular flexibility index (Phi) is 3.60. The van der Waals surface area contributed by atoms with E-state index in [2.05, 4.69) is 17.1 Å². The second kappa shape index (κ2) is 5.53. The van der Waals surface area contributed by atoms with Gasteiger partial charge < -0.3 is 0 Å². The van der Waals surface area contributed by atoms with Crippen LogP contribution in [0.2, 0.25) is 0 Å². The Morgan fingerprint density at radius 2 is 1.95 bits per heavy atom. The average molecular weight is 272 g/mol. The van der Waals surface area contributed by atoms with Crippen molar-refractivity contribution in [1.29, 1.82) is 0 Å². The van der Waals surface area contributed by atoms with E-state index in [1.54, 1.807) is 11.3 Å². The number of benzene rings is 1. The molecule has 1 heterocycles. The molecule has 1 fully saturated rings. The molecule has 4 heteroatoms. The van der Waals surface area contributed by atoms with E-state index >= 15 is 0 Å². The Morgan fingerprint density at radius 1 is 1.21 bits per heavy atom. The van der Waals surface area contributed by atoms with Crippen LogP contribution in [0.5, 0.6) is 0 Å². The van der Waals surface area contributed by atoms with Crippen LogP contribution in [-0.4, -0.2) is 17.4 Å². The van der Waals surface area contributed by atoms with Crippen LogP contribution in [0.1, 0.15) is 25.7 Å². The number of amides is 1. The van der Waals surface area contributed by atoms with Crippen LogP contribution >= 0.6 is 11.3 Å². The zero-order valence-electron chi connectivity index (χ0n) is 10.7. The van der Waals surface area contributed by atoms with E-state index in [1.165, 1.54) is 12.8 Å². The molecule has 0 atom stereocenters. The van der Waals surface area contributed by atoms with Crippen LogP contribution < -0.4 is 4.90 Å². The van der Waals surface area contributed by atoms with Crippen molar-refractivity contribution >= 4 is 22.9 Å². The largest absolute Gasteiger partial charge is 0.288 e. The van der Waals surface area contributed by atoms with E-state index < -0.39 is 0 Å². The first kappa shape index (κ1) is 12.4. The normalized spacial score (nSPS) is 15.6. The highest BCUT2D eigenvalue weighted by Gasteiger charge is 2.24. The minimum atomic E-state index is 0.340. The minimum absolute atomic E-state index is 0.340. The number of hydrogen-bond acceptors (Lipinski definition) is 3. The van der Waals surface area contributed by atoms with Crippen LogP contribution in [0.15, 0.2) is 36.5 Å². The summed E-state index contributed by atoms with van der Waals surface area (Å²) >= 11 is 1.59. The summed E-state index contributed by atoms with van der Waals surface area (Å²) in [5.74, 6) is 0. The molecule has 1 saturated carbocycles. The highest BCUT2D eigenvalue weighted by Crippen LogP contribution is 2.34. The number of thiazole rings is 1. The van der Waals surface area contributed by atoms with E-state index in [0.29, 0.717) is 6.04 Å². The summed E-state index contributed by atoms with van der Waals surface area (Å²) in [6.45, 7) is 0. The van der Waals surface area contributed by atoms with Crippen molar-refractivity contribution in [3.8, 4) is 10.4 Å². The fourth-order valence-electron chi connectivity index (χ4n) is 2.59. The summed E-state index contributed by atoms with van der Waals surface area (Å²) in [7, 11) is 0. The number of aromatic nitrogens is 1. The van der Waals surface area contributed by atoms with E-state index in [0.717, 1.165) is 34.8 Å². The van der Waals surface area contributed by atoms with Crippen LogP contribution in [0.3, 0.4) is 0 Å². The molecule has 3 rings (SSSR count). The van der Waals surface area contributed by atoms with Crippen LogP contribution in [0.25, 0.3) is 10.4 Å². The van der Waals surface area contributed by atoms with Gasteiger partial charge in [-0.2, -0.15) is 0 Å². The van der Waals surface area contributed by atoms with Gasteiger partial charge in [0.25, 0.3) is 0 Å². The molecule has 0 N–H and O–H groups in total. The smallest absolute Gasteiger partial charge is 0.216 e. The van der Waals surface area contributed by atoms with Gasteiger partial charge in [-0.1, -0.05) is 54.5 Å². The average Bonchev–Trinajstić information content (AvgIpc) is 3.12. The Balaban J connectivity index is 1.85. The van der Waals surface area contributed by atoms with Gasteiger partial charge in [-0.05, 0) is 18.4 Å². The van der Waals surface area contributed by atoms with Gasteiger partial charge in [-0.3, -0.25) is 9.69 Å². The number of hydrogen-bond donors (Lipinski definition) is 0. The van der Waals surface area contributed by atoms with Gasteiger partial charge in [-0.25, -0.2) is 4.98 Å². The third kappa shape index (κ3) is 2.54. The molecule has 0 unspecified atom stereocenters. The van der Waals surface area contributed by atoms with Gasteiger partial charge in [0.15, 0.2) is 5.13 Å². The van der Waals surface area contributed by atoms with Crippen molar-refractivity contribution in [2.24, 2.45) is 0 Å². The second-order valence-corrected chi connectivity index (χ2v) is 5.83. The molecule has 0 spiro atoms. The van der Waals surface area contributed by atoms with E-state index in [9.17, 15) is 4.79 Å². The molecule has 1 aliphatic rings. The summed E-state index contributed by atoms with van der Waals surface area (Å²) in [6.07, 6.45) is 7.42. The fraction of sp³-hybridized carbons (Fsp3) is 0.333. The topological polar surface area (TPSA) is 33.2 Å². The lowest BCUT2D eigenvalue weighted by Crippen LogP contribution is -2.31. The lowest BCUT2D eigenvalue weighted by Gasteiger charge is -2.21. The molecular weight excluding hydrogens is 256 g/mol. The van der Waals surface area contributed by atoms with Gasteiger partial charge in [-0.15, -0.1) is 0 Å². The minimum Gasteiger partial charge on any atom is -0.288 e. The predicted octanol–water partition coefficient (Wildman–Crippen LogP) is 3.72. The standard InChI is InChI=1S/C15H16N2OS/c18-11-17(13-8-4-5-9-13)15-16-10-14(19-15)12-6-2-1-3-7-12/h1-3,6-7,10-11,13H,4-5,8-9H2. The lowest BCUT2D eigenvalue weighted by atomic mass is 10.2. The van der Waals surface area contributed by atoms with Crippen molar-refractivity contribution in [2.75, 3.05) is 4.90 Å². The van der Waals surface area contributed by atoms with Crippen LogP contribution in [0.4, 0.5) is 5.13 Å². The lowest BCUT2D eigenvalue weighted by molar-refractivity contribution is -0.107. The Labute approximate surface area is 116 Å². The number of rotatable bonds is 4. The summed E-state index contributed by atoms with van der Waals surface area (Å²) < 4.78 is 0. The molecule has 1 aromatic heterocycles. The molecular formula is C15H16N2OS. The second-order valence-electron chi connectivity index (χ2n) is 4.82. The molecule has 98 valence electrons. The number of nitrogens with zero attached hydrogens (tertiary/aromatic N) is 2. The van der Waals surface area contributed by atoms with Crippen molar-refractivity contribution in [2.45, 2.75) is 31.7 Å². The van der Waals surface area contributed by atoms with Crippen molar-refractivity contribution in [1.82, 2.24) is 4.98 Å². The van der Waals surface area contributed by atoms with E-state index in [4.69, 9.17) is 0 Å². The van der Waals surface area contributed by atoms with Crippen LogP contribution in [0, 0.1) is 0 Å². The Bertz CT molecular complexity index is 546. The third-order valence-electron chi connectivity index (χ3n) is 3.60. The molecule has 1 aromatic carbocycles. The van der Waals surface area contributed by atoms with E-state index in [1.807, 2.05) is 29.3 Å². The van der Waals surface area contributed by atoms with Crippen molar-refractivity contribution in [3.63, 3.8) is 0 Å². The fourth-order valence-corrected chi connectivity index (χ4v) is 3.55. The first-order chi connectivity index (χ1) is 9.38. The monoisotopic (exact) mass is 272 g/mol. The molecule has 1 amide bonds. The molecule has 1 aliphatic carbocycles. The number of anilines is 1. The van der Waals surface area contributed by atoms with Gasteiger partial charge in [0, 0.05) is 12.2 Å². The molecule has 2 aromatic rings. The number of carbonyl (C=O) groups excluding carboxylic acids is 1. The summed E-state index contributed by atoms with van der Waals surface area (Å²) in [4.78, 5) is 18.7. The van der Waals surface area contributed by atoms with Gasteiger partial charge in [0.1, 0.15) is 0 Å².